The largest absolute Gasteiger partial charge is 0.368 e. The fraction of sp³-hybridized carbons (Fsp3) is 0.0769. The van der Waals surface area contributed by atoms with Crippen molar-refractivity contribution in [2.45, 2.75) is 6.54 Å². The van der Waals surface area contributed by atoms with E-state index in [-0.39, 0.29) is 12.4 Å². The third kappa shape index (κ3) is 2.08. The molecule has 2 heterocycles. The maximum Gasteiger partial charge on any atom is 0.239 e. The molecule has 0 bridgehead atoms. The number of H-pyrrole nitrogens is 1. The average Bonchev–Trinajstić information content (AvgIpc) is 2.93. The third-order valence-corrected chi connectivity index (χ3v) is 2.91. The lowest BCUT2D eigenvalue weighted by atomic mass is 10.1. The lowest BCUT2D eigenvalue weighted by Gasteiger charge is -1.96. The number of halogens is 1. The molecule has 96 valence electrons. The molecule has 3 aromatic rings. The second-order valence-electron chi connectivity index (χ2n) is 4.29. The summed E-state index contributed by atoms with van der Waals surface area (Å²) in [5.41, 5.74) is 7.59. The number of hydrogen-bond donors (Lipinski definition) is 2. The molecule has 0 aliphatic carbocycles. The number of aromatic nitrogens is 3. The van der Waals surface area contributed by atoms with Gasteiger partial charge in [-0.3, -0.25) is 9.48 Å². The Morgan fingerprint density at radius 1 is 1.47 bits per heavy atom. The lowest BCUT2D eigenvalue weighted by molar-refractivity contribution is -0.118. The molecule has 1 aromatic carbocycles. The summed E-state index contributed by atoms with van der Waals surface area (Å²) < 4.78 is 14.6. The Bertz CT molecular complexity index is 759. The molecule has 0 atom stereocenters. The Labute approximate surface area is 107 Å². The zero-order valence-corrected chi connectivity index (χ0v) is 9.93. The molecular weight excluding hydrogens is 247 g/mol. The number of benzene rings is 1. The van der Waals surface area contributed by atoms with Gasteiger partial charge >= 0.3 is 0 Å². The molecule has 0 aliphatic heterocycles. The number of amides is 1. The predicted molar refractivity (Wildman–Crippen MR) is 68.7 cm³/mol. The van der Waals surface area contributed by atoms with Crippen molar-refractivity contribution < 1.29 is 9.18 Å². The normalized spacial score (nSPS) is 11.0. The molecule has 0 radical (unpaired) electrons. The highest BCUT2D eigenvalue weighted by Crippen LogP contribution is 2.28. The van der Waals surface area contributed by atoms with Gasteiger partial charge < -0.3 is 10.7 Å². The number of nitrogens with two attached hydrogens (primary N) is 1. The van der Waals surface area contributed by atoms with Crippen molar-refractivity contribution >= 4 is 16.8 Å². The van der Waals surface area contributed by atoms with Gasteiger partial charge in [-0.15, -0.1) is 0 Å². The minimum Gasteiger partial charge on any atom is -0.368 e. The van der Waals surface area contributed by atoms with Crippen molar-refractivity contribution in [2.24, 2.45) is 5.73 Å². The summed E-state index contributed by atoms with van der Waals surface area (Å²) in [6.07, 6.45) is 5.17. The number of carbonyl (C=O) groups is 1. The molecule has 0 saturated carbocycles. The molecule has 19 heavy (non-hydrogen) atoms. The lowest BCUT2D eigenvalue weighted by Crippen LogP contribution is -2.18. The number of carbonyl (C=O) groups excluding carboxylic acids is 1. The fourth-order valence-corrected chi connectivity index (χ4v) is 2.09. The van der Waals surface area contributed by atoms with E-state index in [0.717, 1.165) is 22.0 Å². The highest BCUT2D eigenvalue weighted by atomic mass is 19.1. The van der Waals surface area contributed by atoms with Crippen LogP contribution in [0.3, 0.4) is 0 Å². The molecule has 1 amide bonds. The van der Waals surface area contributed by atoms with Crippen LogP contribution < -0.4 is 5.73 Å². The van der Waals surface area contributed by atoms with Crippen molar-refractivity contribution in [2.75, 3.05) is 0 Å². The van der Waals surface area contributed by atoms with Gasteiger partial charge in [-0.05, 0) is 18.2 Å². The smallest absolute Gasteiger partial charge is 0.239 e. The number of rotatable bonds is 3. The van der Waals surface area contributed by atoms with Gasteiger partial charge in [0, 0.05) is 34.4 Å². The van der Waals surface area contributed by atoms with E-state index in [1.807, 2.05) is 0 Å². The summed E-state index contributed by atoms with van der Waals surface area (Å²) in [5, 5.41) is 4.97. The summed E-state index contributed by atoms with van der Waals surface area (Å²) in [7, 11) is 0. The number of nitrogens with zero attached hydrogens (tertiary/aromatic N) is 2. The van der Waals surface area contributed by atoms with Gasteiger partial charge in [-0.2, -0.15) is 5.10 Å². The first-order valence-electron chi connectivity index (χ1n) is 5.71. The van der Waals surface area contributed by atoms with Crippen LogP contribution in [0.2, 0.25) is 0 Å². The molecule has 0 saturated heterocycles. The topological polar surface area (TPSA) is 76.7 Å². The van der Waals surface area contributed by atoms with E-state index in [9.17, 15) is 9.18 Å². The maximum absolute atomic E-state index is 13.1. The Kier molecular flexibility index (Phi) is 2.56. The molecule has 2 aromatic heterocycles. The summed E-state index contributed by atoms with van der Waals surface area (Å²) in [5.74, 6) is -0.735. The fourth-order valence-electron chi connectivity index (χ4n) is 2.09. The van der Waals surface area contributed by atoms with E-state index < -0.39 is 5.91 Å². The SMILES string of the molecule is NC(=O)Cn1cc(-c2c[nH]c3cc(F)ccc23)cn1. The number of fused-ring (bicyclic) bond motifs is 1. The Morgan fingerprint density at radius 2 is 2.32 bits per heavy atom. The molecule has 3 rings (SSSR count). The summed E-state index contributed by atoms with van der Waals surface area (Å²) in [6, 6.07) is 4.56. The monoisotopic (exact) mass is 258 g/mol. The van der Waals surface area contributed by atoms with Crippen LogP contribution in [0.15, 0.2) is 36.8 Å². The molecule has 3 N–H and O–H groups in total. The van der Waals surface area contributed by atoms with E-state index in [1.165, 1.54) is 16.8 Å². The summed E-state index contributed by atoms with van der Waals surface area (Å²) in [4.78, 5) is 13.8. The van der Waals surface area contributed by atoms with Crippen molar-refractivity contribution in [1.29, 1.82) is 0 Å². The predicted octanol–water partition coefficient (Wildman–Crippen LogP) is 1.66. The van der Waals surface area contributed by atoms with Gasteiger partial charge in [0.25, 0.3) is 0 Å². The van der Waals surface area contributed by atoms with Gasteiger partial charge in [0.1, 0.15) is 12.4 Å². The van der Waals surface area contributed by atoms with Crippen LogP contribution in [0.5, 0.6) is 0 Å². The molecule has 6 heteroatoms. The Hall–Kier alpha value is -2.63. The minimum absolute atomic E-state index is 0.0387. The van der Waals surface area contributed by atoms with Crippen LogP contribution >= 0.6 is 0 Å². The van der Waals surface area contributed by atoms with E-state index in [2.05, 4.69) is 10.1 Å². The van der Waals surface area contributed by atoms with Gasteiger partial charge in [0.15, 0.2) is 0 Å². The first kappa shape index (κ1) is 11.5. The van der Waals surface area contributed by atoms with Crippen LogP contribution in [-0.2, 0) is 11.3 Å². The number of primary amides is 1. The highest BCUT2D eigenvalue weighted by molar-refractivity contribution is 5.95. The van der Waals surface area contributed by atoms with Gasteiger partial charge in [-0.25, -0.2) is 4.39 Å². The van der Waals surface area contributed by atoms with Crippen molar-refractivity contribution in [3.05, 3.63) is 42.6 Å². The van der Waals surface area contributed by atoms with Crippen molar-refractivity contribution in [3.8, 4) is 11.1 Å². The third-order valence-electron chi connectivity index (χ3n) is 2.91. The van der Waals surface area contributed by atoms with E-state index in [0.29, 0.717) is 0 Å². The number of hydrogen-bond acceptors (Lipinski definition) is 2. The molecule has 0 aliphatic rings. The molecule has 0 spiro atoms. The van der Waals surface area contributed by atoms with Gasteiger partial charge in [-0.1, -0.05) is 0 Å². The molecule has 0 fully saturated rings. The average molecular weight is 258 g/mol. The van der Waals surface area contributed by atoms with E-state index in [4.69, 9.17) is 5.73 Å². The highest BCUT2D eigenvalue weighted by Gasteiger charge is 2.09. The quantitative estimate of drug-likeness (QED) is 0.749. The molecular formula is C13H11FN4O. The van der Waals surface area contributed by atoms with Crippen LogP contribution in [0.25, 0.3) is 22.0 Å². The number of nitrogens with one attached hydrogen (secondary N) is 1. The Balaban J connectivity index is 2.04. The number of aromatic amines is 1. The summed E-state index contributed by atoms with van der Waals surface area (Å²) >= 11 is 0. The first-order valence-corrected chi connectivity index (χ1v) is 5.71. The zero-order chi connectivity index (χ0) is 13.4. The summed E-state index contributed by atoms with van der Waals surface area (Å²) in [6.45, 7) is 0.0387. The van der Waals surface area contributed by atoms with Crippen LogP contribution in [0.4, 0.5) is 4.39 Å². The first-order chi connectivity index (χ1) is 9.13. The molecule has 0 unspecified atom stereocenters. The zero-order valence-electron chi connectivity index (χ0n) is 9.93. The van der Waals surface area contributed by atoms with Crippen molar-refractivity contribution in [1.82, 2.24) is 14.8 Å². The molecule has 5 nitrogen and oxygen atoms in total. The van der Waals surface area contributed by atoms with Crippen LogP contribution in [-0.4, -0.2) is 20.7 Å². The van der Waals surface area contributed by atoms with Crippen LogP contribution in [0.1, 0.15) is 0 Å². The van der Waals surface area contributed by atoms with E-state index >= 15 is 0 Å². The van der Waals surface area contributed by atoms with Crippen LogP contribution in [0, 0.1) is 5.82 Å². The van der Waals surface area contributed by atoms with E-state index in [1.54, 1.807) is 24.7 Å². The van der Waals surface area contributed by atoms with Crippen molar-refractivity contribution in [3.63, 3.8) is 0 Å². The standard InChI is InChI=1S/C13H11FN4O/c14-9-1-2-10-11(5-16-12(10)3-9)8-4-17-18(6-8)7-13(15)19/h1-6,16H,7H2,(H2,15,19). The van der Waals surface area contributed by atoms with Gasteiger partial charge in [0.2, 0.25) is 5.91 Å². The second kappa shape index (κ2) is 4.24. The Morgan fingerprint density at radius 3 is 3.11 bits per heavy atom. The van der Waals surface area contributed by atoms with Gasteiger partial charge in [0.05, 0.1) is 6.20 Å². The maximum atomic E-state index is 13.1. The second-order valence-corrected chi connectivity index (χ2v) is 4.29. The minimum atomic E-state index is -0.448.